The van der Waals surface area contributed by atoms with Crippen LogP contribution in [0.1, 0.15) is 16.8 Å². The maximum absolute atomic E-state index is 5.63. The number of aliphatic imine (C=N–C) groups is 1. The first-order valence-corrected chi connectivity index (χ1v) is 9.66. The van der Waals surface area contributed by atoms with Gasteiger partial charge in [-0.25, -0.2) is 4.98 Å². The number of aromatic nitrogens is 1. The van der Waals surface area contributed by atoms with Gasteiger partial charge < -0.3 is 19.4 Å². The number of guanidine groups is 1. The zero-order valence-corrected chi connectivity index (χ0v) is 20.2. The van der Waals surface area contributed by atoms with Crippen LogP contribution in [0.2, 0.25) is 0 Å². The van der Waals surface area contributed by atoms with Crippen molar-refractivity contribution in [3.05, 3.63) is 71.6 Å². The number of hydrogen-bond donors (Lipinski definition) is 1. The molecular weight excluding hydrogens is 491 g/mol. The van der Waals surface area contributed by atoms with Crippen LogP contribution in [0.25, 0.3) is 11.5 Å². The molecule has 6 nitrogen and oxygen atoms in total. The molecule has 0 atom stereocenters. The van der Waals surface area contributed by atoms with Crippen LogP contribution < -0.4 is 10.1 Å². The number of aryl methyl sites for hydroxylation is 1. The summed E-state index contributed by atoms with van der Waals surface area (Å²) in [5, 5.41) is 3.39. The standard InChI is InChI=1S/C23H28N4O2.HI/c1-17-9-11-18(12-10-17)22-26-20(16-29-22)13-14-25-23(24-2)27(3)15-19-7-5-6-8-21(19)28-4;/h5-12,16H,13-15H2,1-4H3,(H,24,25);1H. The van der Waals surface area contributed by atoms with Gasteiger partial charge >= 0.3 is 0 Å². The number of oxazole rings is 1. The smallest absolute Gasteiger partial charge is 0.226 e. The van der Waals surface area contributed by atoms with Crippen LogP contribution in [-0.2, 0) is 13.0 Å². The van der Waals surface area contributed by atoms with Crippen molar-refractivity contribution in [1.82, 2.24) is 15.2 Å². The molecule has 1 heterocycles. The molecule has 30 heavy (non-hydrogen) atoms. The Hall–Kier alpha value is -2.55. The van der Waals surface area contributed by atoms with Crippen molar-refractivity contribution in [3.8, 4) is 17.2 Å². The van der Waals surface area contributed by atoms with Gasteiger partial charge in [-0.15, -0.1) is 24.0 Å². The molecule has 1 aromatic heterocycles. The van der Waals surface area contributed by atoms with Gasteiger partial charge in [-0.3, -0.25) is 4.99 Å². The van der Waals surface area contributed by atoms with Crippen LogP contribution in [-0.4, -0.2) is 43.6 Å². The Kier molecular flexibility index (Phi) is 9.16. The van der Waals surface area contributed by atoms with Crippen LogP contribution >= 0.6 is 24.0 Å². The molecule has 0 unspecified atom stereocenters. The van der Waals surface area contributed by atoms with Crippen LogP contribution in [0.15, 0.2) is 64.2 Å². The summed E-state index contributed by atoms with van der Waals surface area (Å²) in [7, 11) is 5.48. The third-order valence-electron chi connectivity index (χ3n) is 4.69. The van der Waals surface area contributed by atoms with Gasteiger partial charge in [0.2, 0.25) is 5.89 Å². The summed E-state index contributed by atoms with van der Waals surface area (Å²) in [5.41, 5.74) is 4.23. The highest BCUT2D eigenvalue weighted by Gasteiger charge is 2.11. The second-order valence-electron chi connectivity index (χ2n) is 6.90. The summed E-state index contributed by atoms with van der Waals surface area (Å²) in [6.45, 7) is 3.47. The van der Waals surface area contributed by atoms with E-state index < -0.39 is 0 Å². The van der Waals surface area contributed by atoms with E-state index in [4.69, 9.17) is 9.15 Å². The number of ether oxygens (including phenoxy) is 1. The highest BCUT2D eigenvalue weighted by atomic mass is 127. The van der Waals surface area contributed by atoms with E-state index in [0.29, 0.717) is 19.0 Å². The lowest BCUT2D eigenvalue weighted by atomic mass is 10.1. The minimum absolute atomic E-state index is 0. The predicted octanol–water partition coefficient (Wildman–Crippen LogP) is 4.53. The SMILES string of the molecule is CN=C(NCCc1coc(-c2ccc(C)cc2)n1)N(C)Cc1ccccc1OC.I. The normalized spacial score (nSPS) is 11.0. The van der Waals surface area contributed by atoms with Gasteiger partial charge in [0.15, 0.2) is 5.96 Å². The first kappa shape index (κ1) is 23.7. The number of benzene rings is 2. The van der Waals surface area contributed by atoms with E-state index >= 15 is 0 Å². The van der Waals surface area contributed by atoms with E-state index in [9.17, 15) is 0 Å². The van der Waals surface area contributed by atoms with Gasteiger partial charge in [0.25, 0.3) is 0 Å². The summed E-state index contributed by atoms with van der Waals surface area (Å²) in [6, 6.07) is 16.2. The van der Waals surface area contributed by atoms with Crippen molar-refractivity contribution in [2.45, 2.75) is 19.9 Å². The summed E-state index contributed by atoms with van der Waals surface area (Å²) >= 11 is 0. The Morgan fingerprint density at radius 1 is 1.17 bits per heavy atom. The molecule has 0 radical (unpaired) electrons. The van der Waals surface area contributed by atoms with Crippen molar-refractivity contribution in [2.75, 3.05) is 27.7 Å². The molecule has 1 N–H and O–H groups in total. The summed E-state index contributed by atoms with van der Waals surface area (Å²) < 4.78 is 11.1. The van der Waals surface area contributed by atoms with E-state index in [1.165, 1.54) is 5.56 Å². The van der Waals surface area contributed by atoms with Crippen molar-refractivity contribution < 1.29 is 9.15 Å². The molecule has 0 aliphatic rings. The van der Waals surface area contributed by atoms with Crippen LogP contribution in [0.5, 0.6) is 5.75 Å². The average molecular weight is 520 g/mol. The van der Waals surface area contributed by atoms with Gasteiger partial charge in [-0.2, -0.15) is 0 Å². The largest absolute Gasteiger partial charge is 0.496 e. The number of methoxy groups -OCH3 is 1. The van der Waals surface area contributed by atoms with Crippen molar-refractivity contribution in [2.24, 2.45) is 4.99 Å². The van der Waals surface area contributed by atoms with Gasteiger partial charge in [0.05, 0.1) is 12.8 Å². The summed E-state index contributed by atoms with van der Waals surface area (Å²) in [6.07, 6.45) is 2.47. The highest BCUT2D eigenvalue weighted by molar-refractivity contribution is 14.0. The molecule has 160 valence electrons. The third-order valence-corrected chi connectivity index (χ3v) is 4.69. The van der Waals surface area contributed by atoms with E-state index in [1.807, 2.05) is 37.4 Å². The van der Waals surface area contributed by atoms with Crippen molar-refractivity contribution in [3.63, 3.8) is 0 Å². The van der Waals surface area contributed by atoms with Crippen molar-refractivity contribution >= 4 is 29.9 Å². The number of hydrogen-bond acceptors (Lipinski definition) is 4. The van der Waals surface area contributed by atoms with E-state index in [0.717, 1.165) is 35.0 Å². The minimum Gasteiger partial charge on any atom is -0.496 e. The molecule has 0 saturated carbocycles. The molecule has 2 aromatic carbocycles. The predicted molar refractivity (Wildman–Crippen MR) is 132 cm³/mol. The fourth-order valence-corrected chi connectivity index (χ4v) is 3.10. The maximum Gasteiger partial charge on any atom is 0.226 e. The highest BCUT2D eigenvalue weighted by Crippen LogP contribution is 2.20. The van der Waals surface area contributed by atoms with Gasteiger partial charge in [-0.05, 0) is 25.1 Å². The fourth-order valence-electron chi connectivity index (χ4n) is 3.10. The Morgan fingerprint density at radius 3 is 2.60 bits per heavy atom. The zero-order chi connectivity index (χ0) is 20.6. The van der Waals surface area contributed by atoms with Crippen LogP contribution in [0.4, 0.5) is 0 Å². The first-order chi connectivity index (χ1) is 14.1. The third kappa shape index (κ3) is 6.22. The average Bonchev–Trinajstić information content (AvgIpc) is 3.21. The van der Waals surface area contributed by atoms with Crippen molar-refractivity contribution in [1.29, 1.82) is 0 Å². The quantitative estimate of drug-likeness (QED) is 0.282. The minimum atomic E-state index is 0. The lowest BCUT2D eigenvalue weighted by Crippen LogP contribution is -2.39. The number of nitrogens with one attached hydrogen (secondary N) is 1. The fraction of sp³-hybridized carbons (Fsp3) is 0.304. The number of para-hydroxylation sites is 1. The van der Waals surface area contributed by atoms with E-state index in [-0.39, 0.29) is 24.0 Å². The number of rotatable bonds is 7. The Morgan fingerprint density at radius 2 is 1.90 bits per heavy atom. The Bertz CT molecular complexity index is 954. The molecule has 0 amide bonds. The molecular formula is C23H29IN4O2. The monoisotopic (exact) mass is 520 g/mol. The molecule has 3 rings (SSSR count). The van der Waals surface area contributed by atoms with Crippen LogP contribution in [0, 0.1) is 6.92 Å². The molecule has 0 aliphatic heterocycles. The van der Waals surface area contributed by atoms with Gasteiger partial charge in [0.1, 0.15) is 12.0 Å². The molecule has 0 spiro atoms. The Labute approximate surface area is 195 Å². The zero-order valence-electron chi connectivity index (χ0n) is 17.9. The first-order valence-electron chi connectivity index (χ1n) is 9.66. The molecule has 0 bridgehead atoms. The van der Waals surface area contributed by atoms with Gasteiger partial charge in [-0.1, -0.05) is 35.9 Å². The number of halogens is 1. The van der Waals surface area contributed by atoms with E-state index in [1.54, 1.807) is 20.4 Å². The molecule has 0 saturated heterocycles. The summed E-state index contributed by atoms with van der Waals surface area (Å²) in [4.78, 5) is 11.0. The van der Waals surface area contributed by atoms with Gasteiger partial charge in [0, 0.05) is 44.7 Å². The molecule has 0 fully saturated rings. The maximum atomic E-state index is 5.63. The molecule has 0 aliphatic carbocycles. The molecule has 7 heteroatoms. The second-order valence-corrected chi connectivity index (χ2v) is 6.90. The molecule has 3 aromatic rings. The second kappa shape index (κ2) is 11.6. The lowest BCUT2D eigenvalue weighted by Gasteiger charge is -2.23. The van der Waals surface area contributed by atoms with Crippen LogP contribution in [0.3, 0.4) is 0 Å². The Balaban J connectivity index is 0.00000320. The number of nitrogens with zero attached hydrogens (tertiary/aromatic N) is 3. The summed E-state index contributed by atoms with van der Waals surface area (Å²) in [5.74, 6) is 2.34. The van der Waals surface area contributed by atoms with E-state index in [2.05, 4.69) is 45.3 Å². The lowest BCUT2D eigenvalue weighted by molar-refractivity contribution is 0.396. The topological polar surface area (TPSA) is 62.9 Å².